The van der Waals surface area contributed by atoms with E-state index in [2.05, 4.69) is 27.8 Å². The van der Waals surface area contributed by atoms with Gasteiger partial charge in [0.1, 0.15) is 29.7 Å². The van der Waals surface area contributed by atoms with Crippen LogP contribution in [-0.4, -0.2) is 13.0 Å². The molecule has 5 nitrogen and oxygen atoms in total. The minimum absolute atomic E-state index is 0.0293. The molecule has 0 spiro atoms. The summed E-state index contributed by atoms with van der Waals surface area (Å²) in [5.74, 6) is 1.05. The fourth-order valence-corrected chi connectivity index (χ4v) is 3.49. The van der Waals surface area contributed by atoms with E-state index in [0.29, 0.717) is 19.6 Å². The molecule has 0 saturated heterocycles. The molecule has 3 rings (SSSR count). The average Bonchev–Trinajstić information content (AvgIpc) is 2.86. The van der Waals surface area contributed by atoms with Crippen LogP contribution in [0.4, 0.5) is 0 Å². The molecule has 0 aliphatic heterocycles. The van der Waals surface area contributed by atoms with E-state index in [4.69, 9.17) is 9.47 Å². The van der Waals surface area contributed by atoms with Gasteiger partial charge in [-0.3, -0.25) is 4.79 Å². The summed E-state index contributed by atoms with van der Waals surface area (Å²) in [6.07, 6.45) is 3.97. The highest BCUT2D eigenvalue weighted by atomic mass is 79.9. The largest absolute Gasteiger partial charge is 0.497 e. The number of hydrogen-bond donors (Lipinski definition) is 1. The maximum absolute atomic E-state index is 12.6. The molecular formula is C28H25BrN2O3. The van der Waals surface area contributed by atoms with Crippen molar-refractivity contribution in [1.82, 2.24) is 5.32 Å². The first kappa shape index (κ1) is 24.8. The van der Waals surface area contributed by atoms with Crippen molar-refractivity contribution in [3.05, 3.63) is 112 Å². The van der Waals surface area contributed by atoms with Crippen LogP contribution in [0.15, 0.2) is 89.4 Å². The molecule has 0 aliphatic carbocycles. The van der Waals surface area contributed by atoms with Crippen LogP contribution < -0.4 is 14.8 Å². The van der Waals surface area contributed by atoms with E-state index in [0.717, 1.165) is 38.2 Å². The smallest absolute Gasteiger partial charge is 0.262 e. The second-order valence-corrected chi connectivity index (χ2v) is 8.39. The van der Waals surface area contributed by atoms with E-state index >= 15 is 0 Å². The second kappa shape index (κ2) is 12.4. The van der Waals surface area contributed by atoms with Gasteiger partial charge in [0.2, 0.25) is 0 Å². The zero-order valence-electron chi connectivity index (χ0n) is 18.9. The lowest BCUT2D eigenvalue weighted by Gasteiger charge is -2.12. The van der Waals surface area contributed by atoms with Crippen molar-refractivity contribution in [3.8, 4) is 17.6 Å². The van der Waals surface area contributed by atoms with Gasteiger partial charge in [0.25, 0.3) is 5.91 Å². The third-order valence-electron chi connectivity index (χ3n) is 5.04. The lowest BCUT2D eigenvalue weighted by molar-refractivity contribution is -0.117. The topological polar surface area (TPSA) is 71.4 Å². The van der Waals surface area contributed by atoms with E-state index in [1.165, 1.54) is 0 Å². The number of nitrogens with one attached hydrogen (secondary N) is 1. The van der Waals surface area contributed by atoms with Gasteiger partial charge in [-0.1, -0.05) is 52.3 Å². The Bertz CT molecular complexity index is 1210. The van der Waals surface area contributed by atoms with Crippen LogP contribution in [0.3, 0.4) is 0 Å². The van der Waals surface area contributed by atoms with Gasteiger partial charge in [-0.25, -0.2) is 0 Å². The van der Waals surface area contributed by atoms with E-state index in [1.807, 2.05) is 72.8 Å². The molecule has 0 bridgehead atoms. The Morgan fingerprint density at radius 3 is 2.44 bits per heavy atom. The van der Waals surface area contributed by atoms with Crippen molar-refractivity contribution in [2.75, 3.05) is 7.11 Å². The van der Waals surface area contributed by atoms with Crippen molar-refractivity contribution in [2.45, 2.75) is 19.6 Å². The number of nitriles is 1. The molecule has 3 aromatic rings. The highest BCUT2D eigenvalue weighted by Gasteiger charge is 2.11. The number of methoxy groups -OCH3 is 1. The summed E-state index contributed by atoms with van der Waals surface area (Å²) < 4.78 is 12.2. The van der Waals surface area contributed by atoms with Gasteiger partial charge in [0.05, 0.1) is 7.11 Å². The van der Waals surface area contributed by atoms with Crippen LogP contribution in [-0.2, 0) is 24.4 Å². The van der Waals surface area contributed by atoms with Crippen molar-refractivity contribution in [3.63, 3.8) is 0 Å². The van der Waals surface area contributed by atoms with Crippen molar-refractivity contribution in [2.24, 2.45) is 0 Å². The highest BCUT2D eigenvalue weighted by Crippen LogP contribution is 2.24. The summed E-state index contributed by atoms with van der Waals surface area (Å²) in [5, 5.41) is 12.3. The lowest BCUT2D eigenvalue weighted by atomic mass is 10.0. The lowest BCUT2D eigenvalue weighted by Crippen LogP contribution is -2.23. The molecule has 3 aromatic carbocycles. The molecule has 0 heterocycles. The van der Waals surface area contributed by atoms with Crippen molar-refractivity contribution < 1.29 is 14.3 Å². The summed E-state index contributed by atoms with van der Waals surface area (Å²) in [4.78, 5) is 12.6. The monoisotopic (exact) mass is 516 g/mol. The van der Waals surface area contributed by atoms with Crippen LogP contribution in [0.25, 0.3) is 6.08 Å². The van der Waals surface area contributed by atoms with Gasteiger partial charge in [0.15, 0.2) is 0 Å². The molecule has 1 N–H and O–H groups in total. The number of amides is 1. The number of allylic oxidation sites excluding steroid dienone is 1. The predicted molar refractivity (Wildman–Crippen MR) is 137 cm³/mol. The van der Waals surface area contributed by atoms with E-state index in [9.17, 15) is 10.1 Å². The maximum atomic E-state index is 12.6. The van der Waals surface area contributed by atoms with Gasteiger partial charge < -0.3 is 14.8 Å². The summed E-state index contributed by atoms with van der Waals surface area (Å²) in [5.41, 5.74) is 3.66. The molecule has 6 heteroatoms. The van der Waals surface area contributed by atoms with Gasteiger partial charge in [-0.15, -0.1) is 6.58 Å². The summed E-state index contributed by atoms with van der Waals surface area (Å²) in [6, 6.07) is 22.9. The van der Waals surface area contributed by atoms with Crippen molar-refractivity contribution in [1.29, 1.82) is 5.26 Å². The molecular weight excluding hydrogens is 492 g/mol. The summed E-state index contributed by atoms with van der Waals surface area (Å²) >= 11 is 3.43. The Morgan fingerprint density at radius 2 is 1.79 bits per heavy atom. The maximum Gasteiger partial charge on any atom is 0.262 e. The predicted octanol–water partition coefficient (Wildman–Crippen LogP) is 5.99. The highest BCUT2D eigenvalue weighted by molar-refractivity contribution is 9.10. The first-order valence-corrected chi connectivity index (χ1v) is 11.5. The zero-order chi connectivity index (χ0) is 24.3. The second-order valence-electron chi connectivity index (χ2n) is 7.48. The fourth-order valence-electron chi connectivity index (χ4n) is 3.22. The fraction of sp³-hybridized carbons (Fsp3) is 0.143. The number of rotatable bonds is 10. The SMILES string of the molecule is C=CCc1cc(/C=C(/C#N)C(=O)NCc2ccc(OC)cc2)ccc1OCc1ccc(Br)cc1. The number of benzene rings is 3. The van der Waals surface area contributed by atoms with E-state index in [1.54, 1.807) is 19.3 Å². The first-order valence-electron chi connectivity index (χ1n) is 10.7. The standard InChI is InChI=1S/C28H25BrN2O3/c1-3-4-23-15-22(9-14-27(23)34-19-21-5-10-25(29)11-6-21)16-24(17-30)28(32)31-18-20-7-12-26(33-2)13-8-20/h3,5-16H,1,4,18-19H2,2H3,(H,31,32)/b24-16-. The number of nitrogens with zero attached hydrogens (tertiary/aromatic N) is 1. The number of halogens is 1. The Morgan fingerprint density at radius 1 is 1.09 bits per heavy atom. The minimum Gasteiger partial charge on any atom is -0.497 e. The number of carbonyl (C=O) groups is 1. The molecule has 34 heavy (non-hydrogen) atoms. The first-order chi connectivity index (χ1) is 16.5. The van der Waals surface area contributed by atoms with Crippen LogP contribution in [0.5, 0.6) is 11.5 Å². The summed E-state index contributed by atoms with van der Waals surface area (Å²) in [7, 11) is 1.60. The van der Waals surface area contributed by atoms with Crippen LogP contribution in [0, 0.1) is 11.3 Å². The van der Waals surface area contributed by atoms with Gasteiger partial charge in [-0.05, 0) is 71.1 Å². The van der Waals surface area contributed by atoms with Crippen LogP contribution in [0.1, 0.15) is 22.3 Å². The molecule has 1 amide bonds. The molecule has 0 unspecified atom stereocenters. The normalized spacial score (nSPS) is 10.8. The molecule has 0 aliphatic rings. The Balaban J connectivity index is 1.70. The third-order valence-corrected chi connectivity index (χ3v) is 5.57. The molecule has 172 valence electrons. The van der Waals surface area contributed by atoms with Gasteiger partial charge in [-0.2, -0.15) is 5.26 Å². The minimum atomic E-state index is -0.431. The number of hydrogen-bond acceptors (Lipinski definition) is 4. The molecule has 0 fully saturated rings. The van der Waals surface area contributed by atoms with Gasteiger partial charge >= 0.3 is 0 Å². The quantitative estimate of drug-likeness (QED) is 0.204. The third kappa shape index (κ3) is 7.09. The summed E-state index contributed by atoms with van der Waals surface area (Å²) in [6.45, 7) is 4.57. The van der Waals surface area contributed by atoms with Crippen LogP contribution in [0.2, 0.25) is 0 Å². The Labute approximate surface area is 208 Å². The average molecular weight is 517 g/mol. The Hall–Kier alpha value is -3.82. The molecule has 0 saturated carbocycles. The number of ether oxygens (including phenoxy) is 2. The molecule has 0 radical (unpaired) electrons. The molecule has 0 aromatic heterocycles. The van der Waals surface area contributed by atoms with Crippen molar-refractivity contribution >= 4 is 27.9 Å². The van der Waals surface area contributed by atoms with Crippen LogP contribution >= 0.6 is 15.9 Å². The van der Waals surface area contributed by atoms with E-state index in [-0.39, 0.29) is 5.57 Å². The number of carbonyl (C=O) groups excluding carboxylic acids is 1. The molecule has 0 atom stereocenters. The van der Waals surface area contributed by atoms with E-state index < -0.39 is 5.91 Å². The Kier molecular flexibility index (Phi) is 9.07. The van der Waals surface area contributed by atoms with Gasteiger partial charge in [0, 0.05) is 11.0 Å². The zero-order valence-corrected chi connectivity index (χ0v) is 20.5.